The molecule has 0 aromatic rings. The third-order valence-corrected chi connectivity index (χ3v) is 3.82. The Hall–Kier alpha value is -0.570. The number of nitrogens with one attached hydrogen (secondary N) is 1. The van der Waals surface area contributed by atoms with E-state index in [9.17, 15) is 4.79 Å². The summed E-state index contributed by atoms with van der Waals surface area (Å²) in [6.45, 7) is 7.88. The van der Waals surface area contributed by atoms with Gasteiger partial charge in [0.05, 0.1) is 6.54 Å². The van der Waals surface area contributed by atoms with Crippen LogP contribution in [0.5, 0.6) is 0 Å². The average molecular weight is 268 g/mol. The largest absolute Gasteiger partial charge is 0.342 e. The molecule has 1 N–H and O–H groups in total. The van der Waals surface area contributed by atoms with Gasteiger partial charge < -0.3 is 10.2 Å². The van der Waals surface area contributed by atoms with E-state index in [4.69, 9.17) is 0 Å². The van der Waals surface area contributed by atoms with Crippen LogP contribution in [0.15, 0.2) is 0 Å². The summed E-state index contributed by atoms with van der Waals surface area (Å²) in [5.41, 5.74) is 0. The maximum atomic E-state index is 12.2. The van der Waals surface area contributed by atoms with Crippen molar-refractivity contribution in [2.75, 3.05) is 26.2 Å². The number of unbranched alkanes of at least 4 members (excludes halogenated alkanes) is 4. The molecule has 0 aromatic carbocycles. The molecule has 1 aliphatic rings. The minimum atomic E-state index is 0.299. The van der Waals surface area contributed by atoms with Crippen LogP contribution in [0.4, 0.5) is 0 Å². The second-order valence-electron chi connectivity index (χ2n) is 5.87. The van der Waals surface area contributed by atoms with Crippen molar-refractivity contribution in [2.45, 2.75) is 65.2 Å². The van der Waals surface area contributed by atoms with E-state index in [1.165, 1.54) is 38.5 Å². The van der Waals surface area contributed by atoms with E-state index in [0.717, 1.165) is 38.4 Å². The zero-order valence-electron chi connectivity index (χ0n) is 12.9. The van der Waals surface area contributed by atoms with Gasteiger partial charge in [0.25, 0.3) is 0 Å². The van der Waals surface area contributed by atoms with Gasteiger partial charge in [0.1, 0.15) is 0 Å². The van der Waals surface area contributed by atoms with Crippen LogP contribution in [0.25, 0.3) is 0 Å². The van der Waals surface area contributed by atoms with Crippen molar-refractivity contribution in [3.05, 3.63) is 0 Å². The fourth-order valence-electron chi connectivity index (χ4n) is 2.28. The number of nitrogens with zero attached hydrogens (tertiary/aromatic N) is 1. The lowest BCUT2D eigenvalue weighted by Gasteiger charge is -2.23. The molecular formula is C16H32N2O. The Labute approximate surface area is 119 Å². The van der Waals surface area contributed by atoms with E-state index >= 15 is 0 Å². The minimum Gasteiger partial charge on any atom is -0.342 e. The van der Waals surface area contributed by atoms with Crippen LogP contribution >= 0.6 is 0 Å². The SMILES string of the molecule is CCCCCN(CCCCC)C(=O)CNCC1CC1. The number of carbonyl (C=O) groups is 1. The lowest BCUT2D eigenvalue weighted by atomic mass is 10.2. The van der Waals surface area contributed by atoms with Crippen LogP contribution < -0.4 is 5.32 Å². The Bertz CT molecular complexity index is 229. The molecule has 0 bridgehead atoms. The van der Waals surface area contributed by atoms with Gasteiger partial charge in [0, 0.05) is 13.1 Å². The zero-order chi connectivity index (χ0) is 13.9. The molecule has 0 atom stereocenters. The molecule has 19 heavy (non-hydrogen) atoms. The molecule has 0 unspecified atom stereocenters. The molecule has 1 aliphatic carbocycles. The van der Waals surface area contributed by atoms with Crippen molar-refractivity contribution in [1.82, 2.24) is 10.2 Å². The predicted molar refractivity (Wildman–Crippen MR) is 81.2 cm³/mol. The van der Waals surface area contributed by atoms with E-state index in [1.54, 1.807) is 0 Å². The summed E-state index contributed by atoms with van der Waals surface area (Å²) < 4.78 is 0. The average Bonchev–Trinajstić information content (AvgIpc) is 3.21. The first-order chi connectivity index (χ1) is 9.27. The Morgan fingerprint density at radius 1 is 1.05 bits per heavy atom. The molecule has 1 saturated carbocycles. The summed E-state index contributed by atoms with van der Waals surface area (Å²) in [6, 6.07) is 0. The normalized spacial score (nSPS) is 14.6. The van der Waals surface area contributed by atoms with Crippen LogP contribution in [0, 0.1) is 5.92 Å². The number of hydrogen-bond donors (Lipinski definition) is 1. The number of amides is 1. The highest BCUT2D eigenvalue weighted by Gasteiger charge is 2.21. The highest BCUT2D eigenvalue weighted by Crippen LogP contribution is 2.27. The Balaban J connectivity index is 2.20. The summed E-state index contributed by atoms with van der Waals surface area (Å²) in [6.07, 6.45) is 9.89. The third kappa shape index (κ3) is 8.25. The quantitative estimate of drug-likeness (QED) is 0.551. The van der Waals surface area contributed by atoms with Gasteiger partial charge in [0.2, 0.25) is 5.91 Å². The summed E-state index contributed by atoms with van der Waals surface area (Å²) in [5, 5.41) is 3.32. The lowest BCUT2D eigenvalue weighted by Crippen LogP contribution is -2.39. The van der Waals surface area contributed by atoms with Gasteiger partial charge in [-0.25, -0.2) is 0 Å². The minimum absolute atomic E-state index is 0.299. The van der Waals surface area contributed by atoms with Crippen LogP contribution in [0.3, 0.4) is 0 Å². The zero-order valence-corrected chi connectivity index (χ0v) is 12.9. The monoisotopic (exact) mass is 268 g/mol. The Kier molecular flexibility index (Phi) is 8.89. The Morgan fingerprint density at radius 2 is 1.63 bits per heavy atom. The molecule has 0 heterocycles. The van der Waals surface area contributed by atoms with Gasteiger partial charge in [-0.2, -0.15) is 0 Å². The van der Waals surface area contributed by atoms with Crippen molar-refractivity contribution < 1.29 is 4.79 Å². The van der Waals surface area contributed by atoms with Crippen LogP contribution in [-0.4, -0.2) is 37.0 Å². The standard InChI is InChI=1S/C16H32N2O/c1-3-5-7-11-18(12-8-6-4-2)16(19)14-17-13-15-9-10-15/h15,17H,3-14H2,1-2H3. The maximum Gasteiger partial charge on any atom is 0.236 e. The van der Waals surface area contributed by atoms with Gasteiger partial charge >= 0.3 is 0 Å². The van der Waals surface area contributed by atoms with Crippen molar-refractivity contribution in [2.24, 2.45) is 5.92 Å². The highest BCUT2D eigenvalue weighted by atomic mass is 16.2. The van der Waals surface area contributed by atoms with Crippen molar-refractivity contribution in [3.63, 3.8) is 0 Å². The number of rotatable bonds is 12. The number of carbonyl (C=O) groups excluding carboxylic acids is 1. The fraction of sp³-hybridized carbons (Fsp3) is 0.938. The van der Waals surface area contributed by atoms with E-state index in [1.807, 2.05) is 0 Å². The molecule has 1 amide bonds. The fourth-order valence-corrected chi connectivity index (χ4v) is 2.28. The van der Waals surface area contributed by atoms with E-state index in [2.05, 4.69) is 24.1 Å². The molecule has 0 spiro atoms. The highest BCUT2D eigenvalue weighted by molar-refractivity contribution is 5.78. The predicted octanol–water partition coefficient (Wildman–Crippen LogP) is 3.20. The van der Waals surface area contributed by atoms with Gasteiger partial charge in [-0.1, -0.05) is 39.5 Å². The summed E-state index contributed by atoms with van der Waals surface area (Å²) in [7, 11) is 0. The third-order valence-electron chi connectivity index (χ3n) is 3.82. The van der Waals surface area contributed by atoms with E-state index in [-0.39, 0.29) is 0 Å². The first kappa shape index (κ1) is 16.5. The second-order valence-corrected chi connectivity index (χ2v) is 5.87. The molecule has 0 saturated heterocycles. The molecule has 3 heteroatoms. The van der Waals surface area contributed by atoms with Crippen molar-refractivity contribution in [3.8, 4) is 0 Å². The first-order valence-electron chi connectivity index (χ1n) is 8.26. The van der Waals surface area contributed by atoms with Gasteiger partial charge in [0.15, 0.2) is 0 Å². The van der Waals surface area contributed by atoms with Crippen LogP contribution in [-0.2, 0) is 4.79 Å². The summed E-state index contributed by atoms with van der Waals surface area (Å²) in [5.74, 6) is 1.15. The lowest BCUT2D eigenvalue weighted by molar-refractivity contribution is -0.130. The van der Waals surface area contributed by atoms with Crippen molar-refractivity contribution >= 4 is 5.91 Å². The smallest absolute Gasteiger partial charge is 0.236 e. The molecule has 0 radical (unpaired) electrons. The second kappa shape index (κ2) is 10.2. The van der Waals surface area contributed by atoms with Crippen molar-refractivity contribution in [1.29, 1.82) is 0 Å². The van der Waals surface area contributed by atoms with E-state index in [0.29, 0.717) is 12.5 Å². The van der Waals surface area contributed by atoms with Gasteiger partial charge in [-0.05, 0) is 38.1 Å². The maximum absolute atomic E-state index is 12.2. The molecule has 0 aliphatic heterocycles. The molecule has 112 valence electrons. The van der Waals surface area contributed by atoms with Gasteiger partial charge in [-0.15, -0.1) is 0 Å². The summed E-state index contributed by atoms with van der Waals surface area (Å²) in [4.78, 5) is 14.3. The van der Waals surface area contributed by atoms with E-state index < -0.39 is 0 Å². The van der Waals surface area contributed by atoms with Crippen LogP contribution in [0.2, 0.25) is 0 Å². The molecule has 3 nitrogen and oxygen atoms in total. The molecule has 0 aromatic heterocycles. The molecule has 1 rings (SSSR count). The first-order valence-corrected chi connectivity index (χ1v) is 8.26. The summed E-state index contributed by atoms with van der Waals surface area (Å²) >= 11 is 0. The molecule has 1 fully saturated rings. The van der Waals surface area contributed by atoms with Crippen LogP contribution in [0.1, 0.15) is 65.2 Å². The number of hydrogen-bond acceptors (Lipinski definition) is 2. The van der Waals surface area contributed by atoms with Gasteiger partial charge in [-0.3, -0.25) is 4.79 Å². The topological polar surface area (TPSA) is 32.3 Å². The molecular weight excluding hydrogens is 236 g/mol. The Morgan fingerprint density at radius 3 is 2.11 bits per heavy atom.